The third-order valence-electron chi connectivity index (χ3n) is 2.36. The van der Waals surface area contributed by atoms with Gasteiger partial charge in [0.1, 0.15) is 4.60 Å². The van der Waals surface area contributed by atoms with Gasteiger partial charge in [0.2, 0.25) is 0 Å². The number of thiazole rings is 1. The van der Waals surface area contributed by atoms with E-state index in [1.54, 1.807) is 11.3 Å². The van der Waals surface area contributed by atoms with Crippen LogP contribution in [0.15, 0.2) is 9.98 Å². The van der Waals surface area contributed by atoms with Gasteiger partial charge in [-0.1, -0.05) is 0 Å². The average molecular weight is 262 g/mol. The van der Waals surface area contributed by atoms with E-state index < -0.39 is 0 Å². The molecular formula is C8H12BrN3S. The molecule has 1 aliphatic heterocycles. The number of hydrogen-bond acceptors (Lipinski definition) is 4. The molecule has 1 unspecified atom stereocenters. The fourth-order valence-electron chi connectivity index (χ4n) is 1.71. The Hall–Kier alpha value is -0.130. The lowest BCUT2D eigenvalue weighted by atomic mass is 10.2. The third-order valence-corrected chi connectivity index (χ3v) is 3.95. The minimum absolute atomic E-state index is 0.498. The lowest BCUT2D eigenvalue weighted by molar-refractivity contribution is 0.675. The molecule has 2 heterocycles. The van der Waals surface area contributed by atoms with Gasteiger partial charge in [0.25, 0.3) is 0 Å². The first kappa shape index (κ1) is 9.43. The van der Waals surface area contributed by atoms with Gasteiger partial charge in [0.05, 0.1) is 0 Å². The predicted octanol–water partition coefficient (Wildman–Crippen LogP) is 1.83. The van der Waals surface area contributed by atoms with Crippen LogP contribution in [-0.4, -0.2) is 24.1 Å². The van der Waals surface area contributed by atoms with Gasteiger partial charge >= 0.3 is 0 Å². The molecule has 0 radical (unpaired) electrons. The zero-order chi connectivity index (χ0) is 9.26. The quantitative estimate of drug-likeness (QED) is 0.884. The van der Waals surface area contributed by atoms with E-state index in [9.17, 15) is 0 Å². The van der Waals surface area contributed by atoms with Crippen LogP contribution in [0.4, 0.5) is 5.13 Å². The molecule has 13 heavy (non-hydrogen) atoms. The number of rotatable bonds is 2. The van der Waals surface area contributed by atoms with Crippen molar-refractivity contribution in [3.8, 4) is 0 Å². The Bertz CT molecular complexity index is 289. The second kappa shape index (κ2) is 3.94. The maximum Gasteiger partial charge on any atom is 0.186 e. The summed E-state index contributed by atoms with van der Waals surface area (Å²) in [5.74, 6) is 0. The molecule has 72 valence electrons. The van der Waals surface area contributed by atoms with Gasteiger partial charge in [-0.2, -0.15) is 0 Å². The number of halogens is 1. The molecule has 2 rings (SSSR count). The highest BCUT2D eigenvalue weighted by molar-refractivity contribution is 9.10. The second-order valence-electron chi connectivity index (χ2n) is 3.18. The van der Waals surface area contributed by atoms with Crippen LogP contribution in [-0.2, 0) is 0 Å². The summed E-state index contributed by atoms with van der Waals surface area (Å²) < 4.78 is 0.926. The van der Waals surface area contributed by atoms with Crippen LogP contribution in [0.1, 0.15) is 12.8 Å². The summed E-state index contributed by atoms with van der Waals surface area (Å²) in [5.41, 5.74) is 5.69. The molecule has 0 amide bonds. The van der Waals surface area contributed by atoms with Crippen LogP contribution in [0.2, 0.25) is 0 Å². The molecule has 1 saturated heterocycles. The minimum Gasteiger partial charge on any atom is -0.344 e. The van der Waals surface area contributed by atoms with Gasteiger partial charge in [-0.15, -0.1) is 11.3 Å². The topological polar surface area (TPSA) is 42.1 Å². The molecule has 5 heteroatoms. The van der Waals surface area contributed by atoms with Crippen molar-refractivity contribution in [2.75, 3.05) is 18.0 Å². The summed E-state index contributed by atoms with van der Waals surface area (Å²) in [4.78, 5) is 6.71. The summed E-state index contributed by atoms with van der Waals surface area (Å²) in [6, 6.07) is 0.498. The van der Waals surface area contributed by atoms with E-state index in [0.717, 1.165) is 22.8 Å². The molecule has 3 nitrogen and oxygen atoms in total. The first-order valence-corrected chi connectivity index (χ1v) is 6.06. The van der Waals surface area contributed by atoms with E-state index in [1.807, 2.05) is 5.38 Å². The Morgan fingerprint density at radius 3 is 3.23 bits per heavy atom. The van der Waals surface area contributed by atoms with Crippen molar-refractivity contribution in [3.63, 3.8) is 0 Å². The van der Waals surface area contributed by atoms with Crippen molar-refractivity contribution in [2.24, 2.45) is 5.73 Å². The fraction of sp³-hybridized carbons (Fsp3) is 0.625. The summed E-state index contributed by atoms with van der Waals surface area (Å²) >= 11 is 5.04. The molecule has 1 fully saturated rings. The number of nitrogens with zero attached hydrogens (tertiary/aromatic N) is 2. The average Bonchev–Trinajstić information content (AvgIpc) is 2.71. The van der Waals surface area contributed by atoms with E-state index in [4.69, 9.17) is 5.73 Å². The monoisotopic (exact) mass is 261 g/mol. The summed E-state index contributed by atoms with van der Waals surface area (Å²) in [6.07, 6.45) is 2.44. The van der Waals surface area contributed by atoms with Crippen LogP contribution < -0.4 is 10.6 Å². The SMILES string of the molecule is NCC1CCCN1c1nc(Br)cs1. The van der Waals surface area contributed by atoms with Gasteiger partial charge in [0, 0.05) is 24.5 Å². The number of nitrogens with two attached hydrogens (primary N) is 1. The van der Waals surface area contributed by atoms with Crippen LogP contribution in [0.5, 0.6) is 0 Å². The molecule has 1 aliphatic rings. The second-order valence-corrected chi connectivity index (χ2v) is 4.83. The first-order chi connectivity index (χ1) is 6.31. The highest BCUT2D eigenvalue weighted by atomic mass is 79.9. The number of anilines is 1. The highest BCUT2D eigenvalue weighted by Crippen LogP contribution is 2.29. The Morgan fingerprint density at radius 1 is 1.77 bits per heavy atom. The van der Waals surface area contributed by atoms with Crippen molar-refractivity contribution >= 4 is 32.4 Å². The molecule has 1 aromatic rings. The minimum atomic E-state index is 0.498. The summed E-state index contributed by atoms with van der Waals surface area (Å²) in [7, 11) is 0. The molecule has 1 atom stereocenters. The summed E-state index contributed by atoms with van der Waals surface area (Å²) in [5, 5.41) is 3.11. The smallest absolute Gasteiger partial charge is 0.186 e. The zero-order valence-electron chi connectivity index (χ0n) is 7.24. The van der Waals surface area contributed by atoms with Crippen molar-refractivity contribution in [2.45, 2.75) is 18.9 Å². The standard InChI is InChI=1S/C8H12BrN3S/c9-7-5-13-8(11-7)12-3-1-2-6(12)4-10/h5-6H,1-4,10H2. The Morgan fingerprint density at radius 2 is 2.62 bits per heavy atom. The van der Waals surface area contributed by atoms with Crippen molar-refractivity contribution in [1.29, 1.82) is 0 Å². The largest absolute Gasteiger partial charge is 0.344 e. The van der Waals surface area contributed by atoms with Gasteiger partial charge in [0.15, 0.2) is 5.13 Å². The molecule has 2 N–H and O–H groups in total. The lowest BCUT2D eigenvalue weighted by Gasteiger charge is -2.22. The maximum absolute atomic E-state index is 5.69. The first-order valence-electron chi connectivity index (χ1n) is 4.39. The van der Waals surface area contributed by atoms with Gasteiger partial charge < -0.3 is 10.6 Å². The zero-order valence-corrected chi connectivity index (χ0v) is 9.64. The van der Waals surface area contributed by atoms with Crippen molar-refractivity contribution in [1.82, 2.24) is 4.98 Å². The highest BCUT2D eigenvalue weighted by Gasteiger charge is 2.25. The fourth-order valence-corrected chi connectivity index (χ4v) is 3.06. The van der Waals surface area contributed by atoms with Gasteiger partial charge in [-0.05, 0) is 28.8 Å². The van der Waals surface area contributed by atoms with Crippen molar-refractivity contribution in [3.05, 3.63) is 9.98 Å². The van der Waals surface area contributed by atoms with E-state index in [2.05, 4.69) is 25.8 Å². The molecule has 0 spiro atoms. The van der Waals surface area contributed by atoms with Crippen LogP contribution in [0.3, 0.4) is 0 Å². The van der Waals surface area contributed by atoms with Crippen LogP contribution in [0.25, 0.3) is 0 Å². The Kier molecular flexibility index (Phi) is 2.86. The Labute approximate surface area is 90.1 Å². The summed E-state index contributed by atoms with van der Waals surface area (Å²) in [6.45, 7) is 1.83. The molecule has 0 bridgehead atoms. The molecule has 0 aromatic carbocycles. The van der Waals surface area contributed by atoms with E-state index in [-0.39, 0.29) is 0 Å². The number of aromatic nitrogens is 1. The lowest BCUT2D eigenvalue weighted by Crippen LogP contribution is -2.35. The van der Waals surface area contributed by atoms with E-state index >= 15 is 0 Å². The molecule has 0 aliphatic carbocycles. The maximum atomic E-state index is 5.69. The third kappa shape index (κ3) is 1.87. The Balaban J connectivity index is 2.15. The van der Waals surface area contributed by atoms with Gasteiger partial charge in [-0.25, -0.2) is 4.98 Å². The van der Waals surface area contributed by atoms with Crippen LogP contribution in [0, 0.1) is 0 Å². The molecular weight excluding hydrogens is 250 g/mol. The normalized spacial score (nSPS) is 22.6. The predicted molar refractivity (Wildman–Crippen MR) is 59.2 cm³/mol. The van der Waals surface area contributed by atoms with Gasteiger partial charge in [-0.3, -0.25) is 0 Å². The van der Waals surface area contributed by atoms with E-state index in [0.29, 0.717) is 6.04 Å². The van der Waals surface area contributed by atoms with Crippen LogP contribution >= 0.6 is 27.3 Å². The molecule has 0 saturated carbocycles. The molecule has 1 aromatic heterocycles. The number of hydrogen-bond donors (Lipinski definition) is 1. The van der Waals surface area contributed by atoms with E-state index in [1.165, 1.54) is 12.8 Å². The van der Waals surface area contributed by atoms with Crippen molar-refractivity contribution < 1.29 is 0 Å².